The van der Waals surface area contributed by atoms with Crippen molar-refractivity contribution in [3.63, 3.8) is 0 Å². The number of rotatable bonds is 6. The largest absolute Gasteiger partial charge is 0.228 e. The third-order valence-corrected chi connectivity index (χ3v) is 11.3. The molecule has 0 amide bonds. The van der Waals surface area contributed by atoms with E-state index in [9.17, 15) is 0 Å². The zero-order chi connectivity index (χ0) is 36.9. The Balaban J connectivity index is 0.983. The molecule has 8 aromatic carbocycles. The highest BCUT2D eigenvalue weighted by atomic mass is 14.9. The van der Waals surface area contributed by atoms with E-state index in [1.54, 1.807) is 0 Å². The van der Waals surface area contributed by atoms with Gasteiger partial charge >= 0.3 is 0 Å². The van der Waals surface area contributed by atoms with Crippen LogP contribution in [-0.2, 0) is 5.41 Å². The number of hydrogen-bond acceptors (Lipinski definition) is 2. The smallest absolute Gasteiger partial charge is 0.160 e. The molecule has 0 N–H and O–H groups in total. The Labute approximate surface area is 322 Å². The van der Waals surface area contributed by atoms with Crippen molar-refractivity contribution < 1.29 is 0 Å². The van der Waals surface area contributed by atoms with Crippen molar-refractivity contribution in [2.75, 3.05) is 0 Å². The van der Waals surface area contributed by atoms with Gasteiger partial charge in [-0.15, -0.1) is 0 Å². The first-order valence-corrected chi connectivity index (χ1v) is 19.0. The lowest BCUT2D eigenvalue weighted by atomic mass is 9.81. The number of benzene rings is 8. The molecule has 0 fully saturated rings. The predicted octanol–water partition coefficient (Wildman–Crippen LogP) is 13.9. The van der Waals surface area contributed by atoms with Crippen LogP contribution in [0.5, 0.6) is 0 Å². The summed E-state index contributed by atoms with van der Waals surface area (Å²) in [6.45, 7) is 4.72. The molecule has 2 heteroatoms. The number of aromatic nitrogens is 2. The van der Waals surface area contributed by atoms with Crippen LogP contribution in [0.1, 0.15) is 25.0 Å². The van der Waals surface area contributed by atoms with E-state index in [-0.39, 0.29) is 5.41 Å². The fourth-order valence-corrected chi connectivity index (χ4v) is 8.26. The van der Waals surface area contributed by atoms with E-state index < -0.39 is 0 Å². The molecule has 0 unspecified atom stereocenters. The Morgan fingerprint density at radius 2 is 0.764 bits per heavy atom. The first-order valence-electron chi connectivity index (χ1n) is 19.0. The molecule has 1 aliphatic rings. The second kappa shape index (κ2) is 13.2. The lowest BCUT2D eigenvalue weighted by Crippen LogP contribution is -2.15. The van der Waals surface area contributed by atoms with E-state index in [0.717, 1.165) is 33.6 Å². The molecule has 260 valence electrons. The number of nitrogens with zero attached hydrogens (tertiary/aromatic N) is 2. The van der Waals surface area contributed by atoms with E-state index in [2.05, 4.69) is 184 Å². The molecule has 1 heterocycles. The van der Waals surface area contributed by atoms with Gasteiger partial charge in [0.2, 0.25) is 0 Å². The topological polar surface area (TPSA) is 25.8 Å². The summed E-state index contributed by atoms with van der Waals surface area (Å²) in [4.78, 5) is 10.2. The quantitative estimate of drug-likeness (QED) is 0.172. The average Bonchev–Trinajstić information content (AvgIpc) is 3.47. The SMILES string of the molecule is CC1(C)c2cc(-c3cccc(-c4ccc(-c5cc(-c6cccc(-c7ccccc7)c6)nc(-c6ccccc6)n5)cc4)c3)ccc2-c2cc3ccccc3cc21. The molecule has 0 bridgehead atoms. The molecule has 2 nitrogen and oxygen atoms in total. The molecule has 0 radical (unpaired) electrons. The number of fused-ring (bicyclic) bond motifs is 4. The minimum atomic E-state index is -0.0793. The van der Waals surface area contributed by atoms with Crippen molar-refractivity contribution >= 4 is 10.8 Å². The Bertz CT molecular complexity index is 2870. The molecule has 10 rings (SSSR count). The first kappa shape index (κ1) is 32.7. The van der Waals surface area contributed by atoms with Crippen molar-refractivity contribution in [2.24, 2.45) is 0 Å². The predicted molar refractivity (Wildman–Crippen MR) is 230 cm³/mol. The Kier molecular flexibility index (Phi) is 7.85. The average molecular weight is 703 g/mol. The minimum Gasteiger partial charge on any atom is -0.228 e. The standard InChI is InChI=1S/C53H38N2/c1-53(2)48-33-44(27-28-46(48)47-31-42-17-9-10-18-43(42)32-49(47)53)41-21-11-19-39(29-41)36-23-25-37(26-24-36)50-34-51(55-52(54-50)38-15-7-4-8-16-38)45-22-12-20-40(30-45)35-13-5-3-6-14-35/h3-34H,1-2H3. The van der Waals surface area contributed by atoms with Gasteiger partial charge in [0.05, 0.1) is 11.4 Å². The van der Waals surface area contributed by atoms with Crippen LogP contribution in [0.2, 0.25) is 0 Å². The van der Waals surface area contributed by atoms with Crippen LogP contribution in [0.25, 0.3) is 89.2 Å². The normalized spacial score (nSPS) is 12.7. The van der Waals surface area contributed by atoms with Crippen LogP contribution in [0.15, 0.2) is 194 Å². The summed E-state index contributed by atoms with van der Waals surface area (Å²) in [5, 5.41) is 2.59. The summed E-state index contributed by atoms with van der Waals surface area (Å²) in [7, 11) is 0. The third kappa shape index (κ3) is 5.93. The highest BCUT2D eigenvalue weighted by Crippen LogP contribution is 2.51. The second-order valence-electron chi connectivity index (χ2n) is 15.1. The lowest BCUT2D eigenvalue weighted by molar-refractivity contribution is 0.661. The molecule has 1 aromatic heterocycles. The molecule has 9 aromatic rings. The Morgan fingerprint density at radius 1 is 0.309 bits per heavy atom. The molecule has 0 aliphatic heterocycles. The first-order chi connectivity index (χ1) is 27.0. The van der Waals surface area contributed by atoms with Crippen LogP contribution < -0.4 is 0 Å². The summed E-state index contributed by atoms with van der Waals surface area (Å²) in [6, 6.07) is 69.6. The zero-order valence-corrected chi connectivity index (χ0v) is 30.9. The van der Waals surface area contributed by atoms with Crippen molar-refractivity contribution in [3.05, 3.63) is 205 Å². The number of hydrogen-bond donors (Lipinski definition) is 0. The molecule has 55 heavy (non-hydrogen) atoms. The second-order valence-corrected chi connectivity index (χ2v) is 15.1. The monoisotopic (exact) mass is 702 g/mol. The van der Waals surface area contributed by atoms with E-state index in [0.29, 0.717) is 5.82 Å². The highest BCUT2D eigenvalue weighted by Gasteiger charge is 2.36. The van der Waals surface area contributed by atoms with Gasteiger partial charge in [-0.3, -0.25) is 0 Å². The summed E-state index contributed by atoms with van der Waals surface area (Å²) in [5.41, 5.74) is 17.4. The molecular weight excluding hydrogens is 665 g/mol. The Hall–Kier alpha value is -6.90. The minimum absolute atomic E-state index is 0.0793. The highest BCUT2D eigenvalue weighted by molar-refractivity contribution is 5.94. The van der Waals surface area contributed by atoms with E-state index in [1.165, 1.54) is 60.8 Å². The lowest BCUT2D eigenvalue weighted by Gasteiger charge is -2.22. The molecule has 0 atom stereocenters. The van der Waals surface area contributed by atoms with E-state index >= 15 is 0 Å². The molecular formula is C53H38N2. The molecule has 0 spiro atoms. The third-order valence-electron chi connectivity index (χ3n) is 11.3. The van der Waals surface area contributed by atoms with Crippen LogP contribution >= 0.6 is 0 Å². The molecule has 0 saturated carbocycles. The molecule has 1 aliphatic carbocycles. The maximum atomic E-state index is 5.10. The van der Waals surface area contributed by atoms with Crippen molar-refractivity contribution in [3.8, 4) is 78.4 Å². The Morgan fingerprint density at radius 3 is 1.45 bits per heavy atom. The van der Waals surface area contributed by atoms with Crippen LogP contribution in [-0.4, -0.2) is 9.97 Å². The van der Waals surface area contributed by atoms with Gasteiger partial charge in [-0.05, 0) is 103 Å². The van der Waals surface area contributed by atoms with Gasteiger partial charge in [-0.2, -0.15) is 0 Å². The fourth-order valence-electron chi connectivity index (χ4n) is 8.26. The van der Waals surface area contributed by atoms with Crippen LogP contribution in [0, 0.1) is 0 Å². The molecule has 0 saturated heterocycles. The fraction of sp³-hybridized carbons (Fsp3) is 0.0566. The maximum Gasteiger partial charge on any atom is 0.160 e. The summed E-state index contributed by atoms with van der Waals surface area (Å²) >= 11 is 0. The van der Waals surface area contributed by atoms with Gasteiger partial charge < -0.3 is 0 Å². The summed E-state index contributed by atoms with van der Waals surface area (Å²) < 4.78 is 0. The summed E-state index contributed by atoms with van der Waals surface area (Å²) in [6.07, 6.45) is 0. The van der Waals surface area contributed by atoms with Crippen molar-refractivity contribution in [1.29, 1.82) is 0 Å². The van der Waals surface area contributed by atoms with Gasteiger partial charge in [-0.25, -0.2) is 9.97 Å². The van der Waals surface area contributed by atoms with Crippen LogP contribution in [0.4, 0.5) is 0 Å². The van der Waals surface area contributed by atoms with Crippen molar-refractivity contribution in [1.82, 2.24) is 9.97 Å². The maximum absolute atomic E-state index is 5.10. The van der Waals surface area contributed by atoms with E-state index in [1.807, 2.05) is 24.3 Å². The van der Waals surface area contributed by atoms with E-state index in [4.69, 9.17) is 9.97 Å². The van der Waals surface area contributed by atoms with Gasteiger partial charge in [0, 0.05) is 22.1 Å². The van der Waals surface area contributed by atoms with Gasteiger partial charge in [-0.1, -0.05) is 172 Å². The van der Waals surface area contributed by atoms with Gasteiger partial charge in [0.25, 0.3) is 0 Å². The van der Waals surface area contributed by atoms with Crippen LogP contribution in [0.3, 0.4) is 0 Å². The van der Waals surface area contributed by atoms with Crippen molar-refractivity contribution in [2.45, 2.75) is 19.3 Å². The summed E-state index contributed by atoms with van der Waals surface area (Å²) in [5.74, 6) is 0.712. The van der Waals surface area contributed by atoms with Gasteiger partial charge in [0.15, 0.2) is 5.82 Å². The van der Waals surface area contributed by atoms with Gasteiger partial charge in [0.1, 0.15) is 0 Å². The zero-order valence-electron chi connectivity index (χ0n) is 30.9.